The molecule has 0 aliphatic rings. The van der Waals surface area contributed by atoms with Crippen molar-refractivity contribution >= 4 is 34.5 Å². The lowest BCUT2D eigenvalue weighted by atomic mass is 10.0. The van der Waals surface area contributed by atoms with Gasteiger partial charge in [-0.05, 0) is 35.9 Å². The summed E-state index contributed by atoms with van der Waals surface area (Å²) in [5, 5.41) is 0.891. The number of nitrogens with one attached hydrogen (secondary N) is 1. The summed E-state index contributed by atoms with van der Waals surface area (Å²) in [6.07, 6.45) is 5.17. The van der Waals surface area contributed by atoms with Crippen LogP contribution >= 0.6 is 0 Å². The van der Waals surface area contributed by atoms with Crippen molar-refractivity contribution in [3.63, 3.8) is 0 Å². The lowest BCUT2D eigenvalue weighted by molar-refractivity contribution is -0.120. The van der Waals surface area contributed by atoms with Crippen molar-refractivity contribution in [1.82, 2.24) is 9.97 Å². The molecule has 126 valence electrons. The van der Waals surface area contributed by atoms with Crippen LogP contribution in [0, 0.1) is 0 Å². The number of H-pyrrole nitrogens is 1. The molecule has 0 saturated heterocycles. The van der Waals surface area contributed by atoms with Gasteiger partial charge in [0.1, 0.15) is 11.4 Å². The summed E-state index contributed by atoms with van der Waals surface area (Å²) in [6.45, 7) is -0.208. The van der Waals surface area contributed by atoms with Crippen LogP contribution in [0.3, 0.4) is 0 Å². The zero-order chi connectivity index (χ0) is 17.8. The zero-order valence-corrected chi connectivity index (χ0v) is 13.2. The van der Waals surface area contributed by atoms with Crippen LogP contribution in [0.2, 0.25) is 0 Å². The van der Waals surface area contributed by atoms with Gasteiger partial charge in [-0.15, -0.1) is 0 Å². The number of carbonyl (C=O) groups excluding carboxylic acids is 2. The second-order valence-corrected chi connectivity index (χ2v) is 5.35. The number of benzene rings is 1. The van der Waals surface area contributed by atoms with Gasteiger partial charge in [0.15, 0.2) is 6.61 Å². The Bertz CT molecular complexity index is 958. The number of aromatic nitrogens is 2. The van der Waals surface area contributed by atoms with Gasteiger partial charge in [-0.2, -0.15) is 0 Å². The van der Waals surface area contributed by atoms with Crippen LogP contribution < -0.4 is 16.2 Å². The number of primary amides is 2. The first-order valence-electron chi connectivity index (χ1n) is 7.50. The molecule has 5 N–H and O–H groups in total. The fraction of sp³-hybridized carbons (Fsp3) is 0.0556. The van der Waals surface area contributed by atoms with Crippen molar-refractivity contribution in [3.8, 4) is 5.75 Å². The molecule has 2 heterocycles. The van der Waals surface area contributed by atoms with Gasteiger partial charge in [0, 0.05) is 28.9 Å². The van der Waals surface area contributed by atoms with E-state index >= 15 is 0 Å². The van der Waals surface area contributed by atoms with Gasteiger partial charge < -0.3 is 21.2 Å². The predicted octanol–water partition coefficient (Wildman–Crippen LogP) is 1.45. The van der Waals surface area contributed by atoms with Crippen LogP contribution in [0.1, 0.15) is 11.1 Å². The summed E-state index contributed by atoms with van der Waals surface area (Å²) in [6, 6.07) is 10.4. The Morgan fingerprint density at radius 3 is 2.60 bits per heavy atom. The summed E-state index contributed by atoms with van der Waals surface area (Å²) in [5.74, 6) is -0.638. The summed E-state index contributed by atoms with van der Waals surface area (Å²) in [7, 11) is 0. The van der Waals surface area contributed by atoms with Crippen molar-refractivity contribution in [2.75, 3.05) is 6.61 Å². The predicted molar refractivity (Wildman–Crippen MR) is 94.3 cm³/mol. The van der Waals surface area contributed by atoms with E-state index in [9.17, 15) is 9.59 Å². The van der Waals surface area contributed by atoms with E-state index in [0.717, 1.165) is 16.6 Å². The lowest BCUT2D eigenvalue weighted by Gasteiger charge is -2.07. The Morgan fingerprint density at radius 2 is 1.92 bits per heavy atom. The Labute approximate surface area is 143 Å². The van der Waals surface area contributed by atoms with E-state index in [1.165, 1.54) is 0 Å². The minimum Gasteiger partial charge on any atom is -0.484 e. The average Bonchev–Trinajstić information content (AvgIpc) is 3.01. The first-order chi connectivity index (χ1) is 12.0. The van der Waals surface area contributed by atoms with Crippen molar-refractivity contribution in [2.45, 2.75) is 0 Å². The molecule has 7 heteroatoms. The molecule has 0 unspecified atom stereocenters. The minimum atomic E-state index is -0.560. The van der Waals surface area contributed by atoms with Crippen molar-refractivity contribution in [3.05, 3.63) is 59.9 Å². The molecule has 3 rings (SSSR count). The SMILES string of the molecule is NC(=O)COc1ccc(/C(=C/c2c[nH]c3ncccc23)C(N)=O)cc1. The number of nitrogens with zero attached hydrogens (tertiary/aromatic N) is 1. The van der Waals surface area contributed by atoms with Crippen LogP contribution in [0.15, 0.2) is 48.8 Å². The number of pyridine rings is 1. The van der Waals surface area contributed by atoms with E-state index in [1.54, 1.807) is 42.7 Å². The number of nitrogens with two attached hydrogens (primary N) is 2. The van der Waals surface area contributed by atoms with Gasteiger partial charge in [0.25, 0.3) is 5.91 Å². The Balaban J connectivity index is 1.93. The minimum absolute atomic E-state index is 0.208. The normalized spacial score (nSPS) is 11.4. The largest absolute Gasteiger partial charge is 0.484 e. The van der Waals surface area contributed by atoms with E-state index in [-0.39, 0.29) is 6.61 Å². The molecule has 1 aromatic carbocycles. The topological polar surface area (TPSA) is 124 Å². The highest BCUT2D eigenvalue weighted by molar-refractivity contribution is 6.24. The summed E-state index contributed by atoms with van der Waals surface area (Å²) < 4.78 is 5.20. The molecule has 7 nitrogen and oxygen atoms in total. The van der Waals surface area contributed by atoms with Gasteiger partial charge in [-0.1, -0.05) is 12.1 Å². The molecule has 0 atom stereocenters. The average molecular weight is 336 g/mol. The molecule has 2 aromatic heterocycles. The van der Waals surface area contributed by atoms with Crippen LogP contribution in [0.4, 0.5) is 0 Å². The molecule has 3 aromatic rings. The molecule has 2 amide bonds. The highest BCUT2D eigenvalue weighted by Gasteiger charge is 2.11. The third-order valence-corrected chi connectivity index (χ3v) is 3.59. The van der Waals surface area contributed by atoms with E-state index in [2.05, 4.69) is 9.97 Å². The molecular formula is C18H16N4O3. The van der Waals surface area contributed by atoms with Crippen molar-refractivity contribution < 1.29 is 14.3 Å². The molecule has 0 aliphatic heterocycles. The van der Waals surface area contributed by atoms with E-state index in [4.69, 9.17) is 16.2 Å². The second kappa shape index (κ2) is 6.88. The van der Waals surface area contributed by atoms with Gasteiger partial charge in [-0.3, -0.25) is 9.59 Å². The molecule has 0 radical (unpaired) electrons. The third kappa shape index (κ3) is 3.66. The first kappa shape index (κ1) is 16.3. The number of hydrogen-bond acceptors (Lipinski definition) is 4. The van der Waals surface area contributed by atoms with E-state index < -0.39 is 11.8 Å². The molecule has 0 bridgehead atoms. The fourth-order valence-corrected chi connectivity index (χ4v) is 2.43. The molecule has 0 spiro atoms. The second-order valence-electron chi connectivity index (χ2n) is 5.35. The highest BCUT2D eigenvalue weighted by atomic mass is 16.5. The molecule has 0 fully saturated rings. The number of ether oxygens (including phenoxy) is 1. The maximum atomic E-state index is 11.9. The molecule has 0 aliphatic carbocycles. The molecular weight excluding hydrogens is 320 g/mol. The number of fused-ring (bicyclic) bond motifs is 1. The van der Waals surface area contributed by atoms with Gasteiger partial charge in [-0.25, -0.2) is 4.98 Å². The Morgan fingerprint density at radius 1 is 1.16 bits per heavy atom. The van der Waals surface area contributed by atoms with Gasteiger partial charge >= 0.3 is 0 Å². The van der Waals surface area contributed by atoms with Crippen LogP contribution in [-0.4, -0.2) is 28.4 Å². The quantitative estimate of drug-likeness (QED) is 0.589. The maximum absolute atomic E-state index is 11.9. The van der Waals surface area contributed by atoms with Crippen LogP contribution in [0.25, 0.3) is 22.7 Å². The van der Waals surface area contributed by atoms with Gasteiger partial charge in [0.2, 0.25) is 5.91 Å². The Kier molecular flexibility index (Phi) is 4.47. The Hall–Kier alpha value is -3.61. The number of rotatable bonds is 6. The maximum Gasteiger partial charge on any atom is 0.255 e. The fourth-order valence-electron chi connectivity index (χ4n) is 2.43. The van der Waals surface area contributed by atoms with Crippen molar-refractivity contribution in [1.29, 1.82) is 0 Å². The van der Waals surface area contributed by atoms with E-state index in [1.807, 2.05) is 12.1 Å². The van der Waals surface area contributed by atoms with Crippen LogP contribution in [-0.2, 0) is 9.59 Å². The number of carbonyl (C=O) groups is 2. The summed E-state index contributed by atoms with van der Waals surface area (Å²) in [5.41, 5.74) is 13.1. The van der Waals surface area contributed by atoms with Crippen LogP contribution in [0.5, 0.6) is 5.75 Å². The van der Waals surface area contributed by atoms with E-state index in [0.29, 0.717) is 16.9 Å². The number of amides is 2. The number of aromatic amines is 1. The van der Waals surface area contributed by atoms with Crippen molar-refractivity contribution in [2.24, 2.45) is 11.5 Å². The lowest BCUT2D eigenvalue weighted by Crippen LogP contribution is -2.20. The number of hydrogen-bond donors (Lipinski definition) is 3. The smallest absolute Gasteiger partial charge is 0.255 e. The first-order valence-corrected chi connectivity index (χ1v) is 7.50. The molecule has 25 heavy (non-hydrogen) atoms. The summed E-state index contributed by atoms with van der Waals surface area (Å²) in [4.78, 5) is 29.9. The monoisotopic (exact) mass is 336 g/mol. The third-order valence-electron chi connectivity index (χ3n) is 3.59. The highest BCUT2D eigenvalue weighted by Crippen LogP contribution is 2.24. The standard InChI is InChI=1S/C18H16N4O3/c19-16(23)10-25-13-5-3-11(4-6-13)15(17(20)24)8-12-9-22-18-14(12)2-1-7-21-18/h1-9H,10H2,(H2,19,23)(H2,20,24)(H,21,22)/b15-8-. The summed E-state index contributed by atoms with van der Waals surface area (Å²) >= 11 is 0. The van der Waals surface area contributed by atoms with Gasteiger partial charge in [0.05, 0.1) is 0 Å². The zero-order valence-electron chi connectivity index (χ0n) is 13.2. The molecule has 0 saturated carbocycles.